The van der Waals surface area contributed by atoms with E-state index in [0.717, 1.165) is 19.3 Å². The van der Waals surface area contributed by atoms with Gasteiger partial charge in [0.2, 0.25) is 5.91 Å². The van der Waals surface area contributed by atoms with Crippen molar-refractivity contribution in [3.05, 3.63) is 0 Å². The maximum Gasteiger partial charge on any atom is 0.223 e. The van der Waals surface area contributed by atoms with Crippen LogP contribution in [0.1, 0.15) is 33.1 Å². The van der Waals surface area contributed by atoms with Crippen molar-refractivity contribution in [1.82, 2.24) is 5.32 Å². The number of carbonyl (C=O) groups is 1. The van der Waals surface area contributed by atoms with Crippen LogP contribution in [0.4, 0.5) is 0 Å². The molecule has 1 atom stereocenters. The van der Waals surface area contributed by atoms with Crippen molar-refractivity contribution >= 4 is 5.91 Å². The Morgan fingerprint density at radius 1 is 1.46 bits per heavy atom. The summed E-state index contributed by atoms with van der Waals surface area (Å²) in [6.45, 7) is 4.29. The summed E-state index contributed by atoms with van der Waals surface area (Å²) in [5, 5.41) is 3.05. The number of carbonyl (C=O) groups excluding carboxylic acids is 1. The molecule has 2 rings (SSSR count). The first kappa shape index (κ1) is 9.00. The van der Waals surface area contributed by atoms with Crippen molar-refractivity contribution in [2.45, 2.75) is 45.2 Å². The van der Waals surface area contributed by atoms with E-state index in [1.165, 1.54) is 0 Å². The Balaban J connectivity index is 1.74. The zero-order chi connectivity index (χ0) is 9.64. The van der Waals surface area contributed by atoms with Crippen LogP contribution in [0.15, 0.2) is 0 Å². The molecule has 1 amide bonds. The average molecular weight is 182 g/mol. The number of rotatable bonds is 2. The van der Waals surface area contributed by atoms with Gasteiger partial charge in [-0.15, -0.1) is 0 Å². The third-order valence-corrected chi connectivity index (χ3v) is 3.35. The van der Waals surface area contributed by atoms with Crippen LogP contribution < -0.4 is 11.1 Å². The Labute approximate surface area is 79.1 Å². The van der Waals surface area contributed by atoms with E-state index in [4.69, 9.17) is 5.73 Å². The zero-order valence-corrected chi connectivity index (χ0v) is 8.34. The molecule has 0 aromatic rings. The first-order valence-corrected chi connectivity index (χ1v) is 5.05. The fraction of sp³-hybridized carbons (Fsp3) is 0.900. The van der Waals surface area contributed by atoms with Crippen molar-refractivity contribution in [3.8, 4) is 0 Å². The van der Waals surface area contributed by atoms with Crippen LogP contribution in [-0.4, -0.2) is 18.0 Å². The first-order chi connectivity index (χ1) is 5.99. The highest BCUT2D eigenvalue weighted by molar-refractivity contribution is 5.82. The van der Waals surface area contributed by atoms with Gasteiger partial charge in [0.25, 0.3) is 0 Å². The van der Waals surface area contributed by atoms with Crippen LogP contribution in [0.25, 0.3) is 0 Å². The van der Waals surface area contributed by atoms with Crippen LogP contribution in [0, 0.1) is 11.3 Å². The minimum absolute atomic E-state index is 0.238. The van der Waals surface area contributed by atoms with E-state index in [1.54, 1.807) is 0 Å². The average Bonchev–Trinajstić information content (AvgIpc) is 2.56. The van der Waals surface area contributed by atoms with Gasteiger partial charge in [-0.05, 0) is 24.7 Å². The molecule has 2 saturated carbocycles. The van der Waals surface area contributed by atoms with Crippen molar-refractivity contribution in [2.24, 2.45) is 17.1 Å². The minimum Gasteiger partial charge on any atom is -0.353 e. The van der Waals surface area contributed by atoms with Gasteiger partial charge in [0.05, 0.1) is 0 Å². The highest BCUT2D eigenvalue weighted by Gasteiger charge is 2.51. The molecule has 2 fully saturated rings. The van der Waals surface area contributed by atoms with E-state index >= 15 is 0 Å². The summed E-state index contributed by atoms with van der Waals surface area (Å²) in [6.07, 6.45) is 2.95. The normalized spacial score (nSPS) is 40.7. The van der Waals surface area contributed by atoms with Crippen molar-refractivity contribution in [2.75, 3.05) is 0 Å². The zero-order valence-electron chi connectivity index (χ0n) is 8.34. The lowest BCUT2D eigenvalue weighted by Gasteiger charge is -2.33. The Kier molecular flexibility index (Phi) is 1.88. The summed E-state index contributed by atoms with van der Waals surface area (Å²) >= 11 is 0. The third-order valence-electron chi connectivity index (χ3n) is 3.35. The lowest BCUT2D eigenvalue weighted by Crippen LogP contribution is -2.50. The van der Waals surface area contributed by atoms with Crippen LogP contribution >= 0.6 is 0 Å². The molecule has 2 aliphatic rings. The third kappa shape index (κ3) is 1.70. The van der Waals surface area contributed by atoms with E-state index in [1.807, 2.05) is 0 Å². The summed E-state index contributed by atoms with van der Waals surface area (Å²) in [7, 11) is 0. The largest absolute Gasteiger partial charge is 0.353 e. The van der Waals surface area contributed by atoms with E-state index in [9.17, 15) is 4.79 Å². The topological polar surface area (TPSA) is 55.1 Å². The number of hydrogen-bond acceptors (Lipinski definition) is 2. The van der Waals surface area contributed by atoms with Gasteiger partial charge in [-0.3, -0.25) is 4.79 Å². The Morgan fingerprint density at radius 2 is 2.00 bits per heavy atom. The standard InChI is InChI=1S/C10H18N2O/c1-10(2)5-8(10)9(13)12-7-3-6(11)4-7/h6-8H,3-5,11H2,1-2H3,(H,12,13). The molecular weight excluding hydrogens is 164 g/mol. The molecule has 74 valence electrons. The number of amides is 1. The maximum absolute atomic E-state index is 11.6. The van der Waals surface area contributed by atoms with E-state index in [-0.39, 0.29) is 17.2 Å². The van der Waals surface area contributed by atoms with E-state index < -0.39 is 0 Å². The molecule has 3 N–H and O–H groups in total. The molecule has 0 bridgehead atoms. The molecule has 3 nitrogen and oxygen atoms in total. The Morgan fingerprint density at radius 3 is 2.38 bits per heavy atom. The monoisotopic (exact) mass is 182 g/mol. The highest BCUT2D eigenvalue weighted by atomic mass is 16.2. The molecule has 1 unspecified atom stereocenters. The Hall–Kier alpha value is -0.570. The molecule has 0 aromatic carbocycles. The smallest absolute Gasteiger partial charge is 0.223 e. The molecular formula is C10H18N2O. The molecule has 3 heteroatoms. The second-order valence-corrected chi connectivity index (χ2v) is 5.18. The minimum atomic E-state index is 0.238. The second kappa shape index (κ2) is 2.71. The SMILES string of the molecule is CC1(C)CC1C(=O)NC1CC(N)C1. The number of nitrogens with one attached hydrogen (secondary N) is 1. The first-order valence-electron chi connectivity index (χ1n) is 5.05. The predicted molar refractivity (Wildman–Crippen MR) is 51.0 cm³/mol. The lowest BCUT2D eigenvalue weighted by atomic mass is 9.87. The lowest BCUT2D eigenvalue weighted by molar-refractivity contribution is -0.124. The summed E-state index contributed by atoms with van der Waals surface area (Å²) in [4.78, 5) is 11.6. The molecule has 0 aromatic heterocycles. The van der Waals surface area contributed by atoms with Gasteiger partial charge in [0, 0.05) is 18.0 Å². The van der Waals surface area contributed by atoms with Crippen LogP contribution in [-0.2, 0) is 4.79 Å². The Bertz CT molecular complexity index is 231. The van der Waals surface area contributed by atoms with E-state index in [2.05, 4.69) is 19.2 Å². The fourth-order valence-electron chi connectivity index (χ4n) is 2.00. The van der Waals surface area contributed by atoms with Crippen molar-refractivity contribution in [1.29, 1.82) is 0 Å². The van der Waals surface area contributed by atoms with E-state index in [0.29, 0.717) is 12.1 Å². The van der Waals surface area contributed by atoms with Gasteiger partial charge >= 0.3 is 0 Å². The van der Waals surface area contributed by atoms with Gasteiger partial charge < -0.3 is 11.1 Å². The number of hydrogen-bond donors (Lipinski definition) is 2. The van der Waals surface area contributed by atoms with Gasteiger partial charge in [0.15, 0.2) is 0 Å². The molecule has 0 aliphatic heterocycles. The highest BCUT2D eigenvalue weighted by Crippen LogP contribution is 2.51. The van der Waals surface area contributed by atoms with Gasteiger partial charge in [0.1, 0.15) is 0 Å². The molecule has 0 heterocycles. The summed E-state index contributed by atoms with van der Waals surface area (Å²) < 4.78 is 0. The van der Waals surface area contributed by atoms with Crippen molar-refractivity contribution < 1.29 is 4.79 Å². The molecule has 0 saturated heterocycles. The maximum atomic E-state index is 11.6. The van der Waals surface area contributed by atoms with Crippen LogP contribution in [0.3, 0.4) is 0 Å². The van der Waals surface area contributed by atoms with Crippen LogP contribution in [0.5, 0.6) is 0 Å². The van der Waals surface area contributed by atoms with Crippen molar-refractivity contribution in [3.63, 3.8) is 0 Å². The number of nitrogens with two attached hydrogens (primary N) is 1. The molecule has 0 radical (unpaired) electrons. The van der Waals surface area contributed by atoms with Crippen LogP contribution in [0.2, 0.25) is 0 Å². The molecule has 13 heavy (non-hydrogen) atoms. The van der Waals surface area contributed by atoms with Gasteiger partial charge in [-0.1, -0.05) is 13.8 Å². The van der Waals surface area contributed by atoms with Gasteiger partial charge in [-0.2, -0.15) is 0 Å². The summed E-state index contributed by atoms with van der Waals surface area (Å²) in [5.74, 6) is 0.492. The summed E-state index contributed by atoms with van der Waals surface area (Å²) in [6, 6.07) is 0.677. The predicted octanol–water partition coefficient (Wildman–Crippen LogP) is 0.638. The molecule has 2 aliphatic carbocycles. The summed E-state index contributed by atoms with van der Waals surface area (Å²) in [5.41, 5.74) is 5.88. The fourth-order valence-corrected chi connectivity index (χ4v) is 2.00. The quantitative estimate of drug-likeness (QED) is 0.658. The molecule has 0 spiro atoms. The van der Waals surface area contributed by atoms with Gasteiger partial charge in [-0.25, -0.2) is 0 Å². The second-order valence-electron chi connectivity index (χ2n) is 5.18.